The van der Waals surface area contributed by atoms with Crippen LogP contribution in [0.2, 0.25) is 0 Å². The van der Waals surface area contributed by atoms with Crippen molar-refractivity contribution in [3.8, 4) is 0 Å². The Morgan fingerprint density at radius 2 is 2.27 bits per heavy atom. The fraction of sp³-hybridized carbons (Fsp3) is 0.455. The van der Waals surface area contributed by atoms with Crippen LogP contribution in [0.5, 0.6) is 0 Å². The van der Waals surface area contributed by atoms with Crippen LogP contribution in [0.15, 0.2) is 24.5 Å². The molecule has 1 rings (SSSR count). The number of hydrogen-bond acceptors (Lipinski definition) is 2. The summed E-state index contributed by atoms with van der Waals surface area (Å²) in [6.07, 6.45) is 3.59. The number of rotatable bonds is 4. The van der Waals surface area contributed by atoms with E-state index >= 15 is 0 Å². The fourth-order valence-electron chi connectivity index (χ4n) is 1.04. The van der Waals surface area contributed by atoms with Gasteiger partial charge in [-0.2, -0.15) is 0 Å². The molecule has 0 radical (unpaired) electrons. The highest BCUT2D eigenvalue weighted by molar-refractivity contribution is 7.80. The van der Waals surface area contributed by atoms with E-state index in [1.807, 2.05) is 18.3 Å². The van der Waals surface area contributed by atoms with Crippen molar-refractivity contribution in [2.75, 3.05) is 6.54 Å². The lowest BCUT2D eigenvalue weighted by molar-refractivity contribution is 0.619. The van der Waals surface area contributed by atoms with Gasteiger partial charge in [-0.1, -0.05) is 19.9 Å². The molecule has 0 fully saturated rings. The first kappa shape index (κ1) is 11.9. The Kier molecular flexibility index (Phi) is 5.04. The molecule has 0 saturated heterocycles. The van der Waals surface area contributed by atoms with E-state index in [9.17, 15) is 0 Å². The molecule has 0 bridgehead atoms. The van der Waals surface area contributed by atoms with E-state index in [1.165, 1.54) is 0 Å². The minimum atomic E-state index is 0.600. The molecule has 0 saturated carbocycles. The summed E-state index contributed by atoms with van der Waals surface area (Å²) in [6, 6.07) is 3.94. The maximum atomic E-state index is 5.13. The molecule has 0 aliphatic rings. The first-order chi connectivity index (χ1) is 7.18. The van der Waals surface area contributed by atoms with Crippen molar-refractivity contribution in [3.63, 3.8) is 0 Å². The fourth-order valence-corrected chi connectivity index (χ4v) is 1.20. The second-order valence-electron chi connectivity index (χ2n) is 3.82. The highest BCUT2D eigenvalue weighted by Gasteiger charge is 1.97. The molecule has 1 heterocycles. The molecule has 1 aromatic rings. The van der Waals surface area contributed by atoms with Gasteiger partial charge in [0.15, 0.2) is 5.11 Å². The van der Waals surface area contributed by atoms with Gasteiger partial charge in [0.05, 0.1) is 0 Å². The first-order valence-electron chi connectivity index (χ1n) is 5.09. The highest BCUT2D eigenvalue weighted by Crippen LogP contribution is 1.94. The van der Waals surface area contributed by atoms with E-state index in [4.69, 9.17) is 12.2 Å². The van der Waals surface area contributed by atoms with Crippen molar-refractivity contribution < 1.29 is 0 Å². The second-order valence-corrected chi connectivity index (χ2v) is 4.23. The van der Waals surface area contributed by atoms with Crippen LogP contribution in [-0.2, 0) is 6.54 Å². The number of thiocarbonyl (C=S) groups is 1. The second kappa shape index (κ2) is 6.35. The lowest BCUT2D eigenvalue weighted by Crippen LogP contribution is -2.36. The monoisotopic (exact) mass is 223 g/mol. The Morgan fingerprint density at radius 3 is 2.87 bits per heavy atom. The Labute approximate surface area is 96.3 Å². The van der Waals surface area contributed by atoms with Crippen molar-refractivity contribution >= 4 is 17.3 Å². The Bertz CT molecular complexity index is 298. The van der Waals surface area contributed by atoms with Gasteiger partial charge in [0, 0.05) is 25.5 Å². The largest absolute Gasteiger partial charge is 0.362 e. The van der Waals surface area contributed by atoms with Gasteiger partial charge in [0.2, 0.25) is 0 Å². The number of aromatic nitrogens is 1. The molecule has 0 atom stereocenters. The summed E-state index contributed by atoms with van der Waals surface area (Å²) in [5.41, 5.74) is 1.13. The van der Waals surface area contributed by atoms with Crippen LogP contribution < -0.4 is 10.6 Å². The van der Waals surface area contributed by atoms with E-state index in [0.29, 0.717) is 11.0 Å². The predicted octanol–water partition coefficient (Wildman–Crippen LogP) is 1.70. The molecular weight excluding hydrogens is 206 g/mol. The van der Waals surface area contributed by atoms with Crippen LogP contribution in [-0.4, -0.2) is 16.6 Å². The first-order valence-corrected chi connectivity index (χ1v) is 5.50. The molecule has 15 heavy (non-hydrogen) atoms. The zero-order chi connectivity index (χ0) is 11.1. The van der Waals surface area contributed by atoms with Crippen LogP contribution in [0, 0.1) is 5.92 Å². The molecule has 0 amide bonds. The van der Waals surface area contributed by atoms with Gasteiger partial charge in [-0.05, 0) is 29.8 Å². The zero-order valence-electron chi connectivity index (χ0n) is 9.16. The number of nitrogens with one attached hydrogen (secondary N) is 2. The third kappa shape index (κ3) is 5.32. The average molecular weight is 223 g/mol. The Morgan fingerprint density at radius 1 is 1.47 bits per heavy atom. The average Bonchev–Trinajstić information content (AvgIpc) is 2.25. The maximum absolute atomic E-state index is 5.13. The van der Waals surface area contributed by atoms with Gasteiger partial charge in [-0.3, -0.25) is 4.98 Å². The van der Waals surface area contributed by atoms with Crippen molar-refractivity contribution in [1.82, 2.24) is 15.6 Å². The Hall–Kier alpha value is -1.16. The third-order valence-corrected chi connectivity index (χ3v) is 2.14. The van der Waals surface area contributed by atoms with Crippen LogP contribution >= 0.6 is 12.2 Å². The standard InChI is InChI=1S/C11H17N3S/c1-9(2)6-13-11(15)14-8-10-4-3-5-12-7-10/h3-5,7,9H,6,8H2,1-2H3,(H2,13,14,15). The minimum Gasteiger partial charge on any atom is -0.362 e. The summed E-state index contributed by atoms with van der Waals surface area (Å²) < 4.78 is 0. The minimum absolute atomic E-state index is 0.600. The van der Waals surface area contributed by atoms with Gasteiger partial charge in [-0.25, -0.2) is 0 Å². The summed E-state index contributed by atoms with van der Waals surface area (Å²) in [7, 11) is 0. The molecular formula is C11H17N3S. The topological polar surface area (TPSA) is 37.0 Å². The highest BCUT2D eigenvalue weighted by atomic mass is 32.1. The third-order valence-electron chi connectivity index (χ3n) is 1.85. The maximum Gasteiger partial charge on any atom is 0.166 e. The van der Waals surface area contributed by atoms with Gasteiger partial charge in [0.1, 0.15) is 0 Å². The smallest absolute Gasteiger partial charge is 0.166 e. The molecule has 1 aromatic heterocycles. The van der Waals surface area contributed by atoms with Crippen molar-refractivity contribution in [2.24, 2.45) is 5.92 Å². The molecule has 82 valence electrons. The molecule has 3 nitrogen and oxygen atoms in total. The van der Waals surface area contributed by atoms with Crippen LogP contribution in [0.25, 0.3) is 0 Å². The number of hydrogen-bond donors (Lipinski definition) is 2. The van der Waals surface area contributed by atoms with Gasteiger partial charge < -0.3 is 10.6 Å². The normalized spacial score (nSPS) is 10.1. The van der Waals surface area contributed by atoms with Crippen molar-refractivity contribution in [2.45, 2.75) is 20.4 Å². The van der Waals surface area contributed by atoms with E-state index in [2.05, 4.69) is 29.5 Å². The predicted molar refractivity (Wildman–Crippen MR) is 66.5 cm³/mol. The lowest BCUT2D eigenvalue weighted by atomic mass is 10.2. The molecule has 0 aromatic carbocycles. The summed E-state index contributed by atoms with van der Waals surface area (Å²) in [5, 5.41) is 6.99. The van der Waals surface area contributed by atoms with E-state index < -0.39 is 0 Å². The summed E-state index contributed by atoms with van der Waals surface area (Å²) in [4.78, 5) is 4.03. The molecule has 0 unspecified atom stereocenters. The SMILES string of the molecule is CC(C)CNC(=S)NCc1cccnc1. The van der Waals surface area contributed by atoms with Crippen LogP contribution in [0.1, 0.15) is 19.4 Å². The molecule has 2 N–H and O–H groups in total. The van der Waals surface area contributed by atoms with Crippen LogP contribution in [0.3, 0.4) is 0 Å². The van der Waals surface area contributed by atoms with Gasteiger partial charge in [0.25, 0.3) is 0 Å². The molecule has 4 heteroatoms. The van der Waals surface area contributed by atoms with Gasteiger partial charge in [-0.15, -0.1) is 0 Å². The molecule has 0 aliphatic carbocycles. The Balaban J connectivity index is 2.23. The van der Waals surface area contributed by atoms with E-state index in [1.54, 1.807) is 6.20 Å². The van der Waals surface area contributed by atoms with E-state index in [0.717, 1.165) is 18.7 Å². The quantitative estimate of drug-likeness (QED) is 0.762. The van der Waals surface area contributed by atoms with Gasteiger partial charge >= 0.3 is 0 Å². The molecule has 0 aliphatic heterocycles. The summed E-state index contributed by atoms with van der Waals surface area (Å²) in [5.74, 6) is 0.600. The summed E-state index contributed by atoms with van der Waals surface area (Å²) in [6.45, 7) is 5.92. The number of nitrogens with zero attached hydrogens (tertiary/aromatic N) is 1. The molecule has 0 spiro atoms. The van der Waals surface area contributed by atoms with Crippen LogP contribution in [0.4, 0.5) is 0 Å². The van der Waals surface area contributed by atoms with Crippen molar-refractivity contribution in [3.05, 3.63) is 30.1 Å². The number of pyridine rings is 1. The lowest BCUT2D eigenvalue weighted by Gasteiger charge is -2.11. The zero-order valence-corrected chi connectivity index (χ0v) is 9.97. The van der Waals surface area contributed by atoms with E-state index in [-0.39, 0.29) is 0 Å². The van der Waals surface area contributed by atoms with Crippen molar-refractivity contribution in [1.29, 1.82) is 0 Å². The summed E-state index contributed by atoms with van der Waals surface area (Å²) >= 11 is 5.13.